The van der Waals surface area contributed by atoms with Gasteiger partial charge in [-0.2, -0.15) is 0 Å². The number of para-hydroxylation sites is 2. The van der Waals surface area contributed by atoms with Crippen LogP contribution < -0.4 is 5.63 Å². The number of H-pyrrole nitrogens is 1. The molecule has 78 valence electrons. The van der Waals surface area contributed by atoms with Gasteiger partial charge in [0.25, 0.3) is 0 Å². The minimum absolute atomic E-state index is 0.387. The zero-order chi connectivity index (χ0) is 11.0. The van der Waals surface area contributed by atoms with Crippen LogP contribution in [0.1, 0.15) is 0 Å². The van der Waals surface area contributed by atoms with Gasteiger partial charge in [0, 0.05) is 0 Å². The molecule has 4 heteroatoms. The van der Waals surface area contributed by atoms with Crippen LogP contribution in [0.4, 0.5) is 0 Å². The third-order valence-corrected chi connectivity index (χ3v) is 2.38. The summed E-state index contributed by atoms with van der Waals surface area (Å²) in [5.74, 6) is 0.538. The molecule has 0 aliphatic carbocycles. The lowest BCUT2D eigenvalue weighted by Gasteiger charge is -1.91. The van der Waals surface area contributed by atoms with E-state index in [1.54, 1.807) is 12.1 Å². The van der Waals surface area contributed by atoms with E-state index in [0.29, 0.717) is 11.4 Å². The van der Waals surface area contributed by atoms with Crippen molar-refractivity contribution in [2.45, 2.75) is 0 Å². The van der Waals surface area contributed by atoms with Gasteiger partial charge in [-0.05, 0) is 24.3 Å². The van der Waals surface area contributed by atoms with Crippen molar-refractivity contribution in [3.8, 4) is 11.4 Å². The standard InChI is InChI=1S/C12H8N2O2/c15-12-8(4-3-7-16-12)11-13-9-5-1-2-6-10(9)14-11/h1-7H,(H,13,14). The maximum atomic E-state index is 11.5. The zero-order valence-electron chi connectivity index (χ0n) is 8.31. The smallest absolute Gasteiger partial charge is 0.346 e. The van der Waals surface area contributed by atoms with E-state index in [0.717, 1.165) is 11.0 Å². The second kappa shape index (κ2) is 3.34. The van der Waals surface area contributed by atoms with Crippen LogP contribution in [0, 0.1) is 0 Å². The minimum atomic E-state index is -0.387. The van der Waals surface area contributed by atoms with E-state index in [-0.39, 0.29) is 5.63 Å². The van der Waals surface area contributed by atoms with Gasteiger partial charge in [0.1, 0.15) is 11.4 Å². The van der Waals surface area contributed by atoms with Crippen molar-refractivity contribution in [2.75, 3.05) is 0 Å². The number of nitrogens with zero attached hydrogens (tertiary/aromatic N) is 1. The normalized spacial score (nSPS) is 10.8. The Bertz CT molecular complexity index is 664. The van der Waals surface area contributed by atoms with E-state index in [4.69, 9.17) is 4.42 Å². The van der Waals surface area contributed by atoms with E-state index >= 15 is 0 Å². The van der Waals surface area contributed by atoms with Crippen molar-refractivity contribution in [1.82, 2.24) is 9.97 Å². The molecule has 0 saturated heterocycles. The molecule has 16 heavy (non-hydrogen) atoms. The number of aromatic amines is 1. The molecule has 3 aromatic rings. The lowest BCUT2D eigenvalue weighted by molar-refractivity contribution is 0.512. The Labute approximate surface area is 90.6 Å². The summed E-state index contributed by atoms with van der Waals surface area (Å²) in [5, 5.41) is 0. The fourth-order valence-corrected chi connectivity index (χ4v) is 1.62. The largest absolute Gasteiger partial charge is 0.431 e. The Morgan fingerprint density at radius 3 is 2.81 bits per heavy atom. The Kier molecular flexibility index (Phi) is 1.86. The first-order valence-electron chi connectivity index (χ1n) is 4.87. The average molecular weight is 212 g/mol. The molecule has 1 N–H and O–H groups in total. The number of benzene rings is 1. The lowest BCUT2D eigenvalue weighted by Crippen LogP contribution is -2.01. The van der Waals surface area contributed by atoms with Gasteiger partial charge in [-0.25, -0.2) is 9.78 Å². The zero-order valence-corrected chi connectivity index (χ0v) is 8.31. The highest BCUT2D eigenvalue weighted by molar-refractivity contribution is 5.78. The lowest BCUT2D eigenvalue weighted by atomic mass is 10.3. The number of fused-ring (bicyclic) bond motifs is 1. The Morgan fingerprint density at radius 2 is 2.00 bits per heavy atom. The molecular weight excluding hydrogens is 204 g/mol. The quantitative estimate of drug-likeness (QED) is 0.672. The Hall–Kier alpha value is -2.36. The molecule has 0 bridgehead atoms. The molecule has 0 radical (unpaired) electrons. The van der Waals surface area contributed by atoms with Gasteiger partial charge < -0.3 is 9.40 Å². The monoisotopic (exact) mass is 212 g/mol. The number of aromatic nitrogens is 2. The van der Waals surface area contributed by atoms with Crippen molar-refractivity contribution in [2.24, 2.45) is 0 Å². The van der Waals surface area contributed by atoms with E-state index < -0.39 is 0 Å². The number of nitrogens with one attached hydrogen (secondary N) is 1. The van der Waals surface area contributed by atoms with E-state index in [9.17, 15) is 4.79 Å². The predicted molar refractivity (Wildman–Crippen MR) is 60.1 cm³/mol. The van der Waals surface area contributed by atoms with E-state index in [1.807, 2.05) is 24.3 Å². The van der Waals surface area contributed by atoms with Crippen LogP contribution in [0.2, 0.25) is 0 Å². The van der Waals surface area contributed by atoms with Gasteiger partial charge in [-0.1, -0.05) is 12.1 Å². The summed E-state index contributed by atoms with van der Waals surface area (Å²) < 4.78 is 4.79. The molecule has 0 atom stereocenters. The third-order valence-electron chi connectivity index (χ3n) is 2.38. The predicted octanol–water partition coefficient (Wildman–Crippen LogP) is 2.18. The fraction of sp³-hybridized carbons (Fsp3) is 0. The molecule has 3 rings (SSSR count). The highest BCUT2D eigenvalue weighted by atomic mass is 16.4. The molecule has 0 aliphatic heterocycles. The summed E-state index contributed by atoms with van der Waals surface area (Å²) in [4.78, 5) is 18.9. The van der Waals surface area contributed by atoms with Gasteiger partial charge in [-0.15, -0.1) is 0 Å². The molecule has 0 amide bonds. The van der Waals surface area contributed by atoms with Crippen molar-refractivity contribution in [3.63, 3.8) is 0 Å². The summed E-state index contributed by atoms with van der Waals surface area (Å²) >= 11 is 0. The van der Waals surface area contributed by atoms with Crippen LogP contribution in [0.25, 0.3) is 22.4 Å². The third kappa shape index (κ3) is 1.32. The molecule has 1 aromatic carbocycles. The van der Waals surface area contributed by atoms with Gasteiger partial charge in [0.2, 0.25) is 0 Å². The van der Waals surface area contributed by atoms with E-state index in [2.05, 4.69) is 9.97 Å². The van der Waals surface area contributed by atoms with Crippen LogP contribution in [0.3, 0.4) is 0 Å². The Morgan fingerprint density at radius 1 is 1.12 bits per heavy atom. The summed E-state index contributed by atoms with van der Waals surface area (Å²) in [5.41, 5.74) is 1.79. The van der Waals surface area contributed by atoms with Crippen LogP contribution in [0.15, 0.2) is 51.9 Å². The van der Waals surface area contributed by atoms with Gasteiger partial charge in [-0.3, -0.25) is 0 Å². The molecule has 4 nitrogen and oxygen atoms in total. The molecule has 2 heterocycles. The SMILES string of the molecule is O=c1occcc1-c1nc2ccccc2[nH]1. The van der Waals surface area contributed by atoms with Gasteiger partial charge in [0.05, 0.1) is 17.3 Å². The van der Waals surface area contributed by atoms with Crippen molar-refractivity contribution in [1.29, 1.82) is 0 Å². The first-order valence-corrected chi connectivity index (χ1v) is 4.87. The topological polar surface area (TPSA) is 58.9 Å². The first-order chi connectivity index (χ1) is 7.84. The molecule has 0 fully saturated rings. The number of rotatable bonds is 1. The Balaban J connectivity index is 2.27. The first kappa shape index (κ1) is 8.91. The van der Waals surface area contributed by atoms with Gasteiger partial charge in [0.15, 0.2) is 0 Å². The number of hydrogen-bond acceptors (Lipinski definition) is 3. The van der Waals surface area contributed by atoms with Crippen molar-refractivity contribution >= 4 is 11.0 Å². The number of imidazole rings is 1. The highest BCUT2D eigenvalue weighted by Gasteiger charge is 2.08. The average Bonchev–Trinajstić information content (AvgIpc) is 2.73. The van der Waals surface area contributed by atoms with Gasteiger partial charge >= 0.3 is 5.63 Å². The summed E-state index contributed by atoms with van der Waals surface area (Å²) in [7, 11) is 0. The maximum Gasteiger partial charge on any atom is 0.346 e. The van der Waals surface area contributed by atoms with E-state index in [1.165, 1.54) is 6.26 Å². The van der Waals surface area contributed by atoms with Crippen LogP contribution in [-0.4, -0.2) is 9.97 Å². The minimum Gasteiger partial charge on any atom is -0.431 e. The highest BCUT2D eigenvalue weighted by Crippen LogP contribution is 2.16. The van der Waals surface area contributed by atoms with Crippen molar-refractivity contribution in [3.05, 3.63) is 53.1 Å². The summed E-state index contributed by atoms with van der Waals surface area (Å²) in [6.07, 6.45) is 1.36. The van der Waals surface area contributed by atoms with Crippen LogP contribution >= 0.6 is 0 Å². The maximum absolute atomic E-state index is 11.5. The van der Waals surface area contributed by atoms with Crippen molar-refractivity contribution < 1.29 is 4.42 Å². The second-order valence-corrected chi connectivity index (χ2v) is 3.42. The summed E-state index contributed by atoms with van der Waals surface area (Å²) in [6.45, 7) is 0. The van der Waals surface area contributed by atoms with Crippen LogP contribution in [0.5, 0.6) is 0 Å². The molecule has 0 spiro atoms. The van der Waals surface area contributed by atoms with Crippen LogP contribution in [-0.2, 0) is 0 Å². The second-order valence-electron chi connectivity index (χ2n) is 3.42. The number of hydrogen-bond donors (Lipinski definition) is 1. The molecule has 2 aromatic heterocycles. The molecule has 0 saturated carbocycles. The molecule has 0 unspecified atom stereocenters. The summed E-state index contributed by atoms with van der Waals surface area (Å²) in [6, 6.07) is 11.0. The molecule has 0 aliphatic rings. The molecular formula is C12H8N2O2. The fourth-order valence-electron chi connectivity index (χ4n) is 1.62.